The third-order valence-corrected chi connectivity index (χ3v) is 3.96. The van der Waals surface area contributed by atoms with Crippen LogP contribution in [0.1, 0.15) is 25.3 Å². The SMILES string of the molecule is CNC(=O)[C@@H](C)CN(C)C(=O)Nc1c(C)cnn1CC1CC1. The van der Waals surface area contributed by atoms with Crippen molar-refractivity contribution in [2.75, 3.05) is 26.0 Å². The third-order valence-electron chi connectivity index (χ3n) is 3.96. The van der Waals surface area contributed by atoms with Crippen LogP contribution in [0.4, 0.5) is 10.6 Å². The fourth-order valence-corrected chi connectivity index (χ4v) is 2.35. The molecular formula is C15H25N5O2. The van der Waals surface area contributed by atoms with Crippen LogP contribution in [0.3, 0.4) is 0 Å². The molecule has 1 fully saturated rings. The van der Waals surface area contributed by atoms with Crippen LogP contribution in [-0.2, 0) is 11.3 Å². The average molecular weight is 307 g/mol. The summed E-state index contributed by atoms with van der Waals surface area (Å²) >= 11 is 0. The number of hydrogen-bond donors (Lipinski definition) is 2. The smallest absolute Gasteiger partial charge is 0.322 e. The van der Waals surface area contributed by atoms with Crippen LogP contribution < -0.4 is 10.6 Å². The molecule has 0 aromatic carbocycles. The lowest BCUT2D eigenvalue weighted by Crippen LogP contribution is -2.39. The standard InChI is InChI=1S/C15H25N5O2/c1-10-7-17-20(9-12-5-6-12)13(10)18-15(22)19(4)8-11(2)14(21)16-3/h7,11-12H,5-6,8-9H2,1-4H3,(H,16,21)(H,18,22)/t11-/m0/s1. The lowest BCUT2D eigenvalue weighted by molar-refractivity contribution is -0.124. The van der Waals surface area contributed by atoms with E-state index in [9.17, 15) is 9.59 Å². The number of nitrogens with zero attached hydrogens (tertiary/aromatic N) is 3. The molecule has 1 heterocycles. The zero-order valence-corrected chi connectivity index (χ0v) is 13.7. The molecule has 1 aliphatic rings. The summed E-state index contributed by atoms with van der Waals surface area (Å²) in [6.07, 6.45) is 4.23. The van der Waals surface area contributed by atoms with Gasteiger partial charge in [-0.05, 0) is 25.7 Å². The number of carbonyl (C=O) groups excluding carboxylic acids is 2. The fraction of sp³-hybridized carbons (Fsp3) is 0.667. The second-order valence-corrected chi connectivity index (χ2v) is 6.13. The maximum Gasteiger partial charge on any atom is 0.322 e. The highest BCUT2D eigenvalue weighted by molar-refractivity contribution is 5.89. The number of aryl methyl sites for hydroxylation is 1. The van der Waals surface area contributed by atoms with E-state index in [-0.39, 0.29) is 17.9 Å². The number of rotatable bonds is 6. The zero-order valence-electron chi connectivity index (χ0n) is 13.7. The zero-order chi connectivity index (χ0) is 16.3. The molecule has 1 aromatic rings. The maximum atomic E-state index is 12.3. The summed E-state index contributed by atoms with van der Waals surface area (Å²) < 4.78 is 1.86. The highest BCUT2D eigenvalue weighted by atomic mass is 16.2. The molecular weight excluding hydrogens is 282 g/mol. The molecule has 0 unspecified atom stereocenters. The molecule has 0 radical (unpaired) electrons. The molecule has 7 nitrogen and oxygen atoms in total. The number of urea groups is 1. The van der Waals surface area contributed by atoms with E-state index in [1.54, 1.807) is 27.2 Å². The van der Waals surface area contributed by atoms with Crippen molar-refractivity contribution in [1.82, 2.24) is 20.0 Å². The summed E-state index contributed by atoms with van der Waals surface area (Å²) in [5.74, 6) is 1.10. The van der Waals surface area contributed by atoms with Crippen LogP contribution in [0.15, 0.2) is 6.20 Å². The minimum absolute atomic E-state index is 0.0744. The second-order valence-electron chi connectivity index (χ2n) is 6.13. The van der Waals surface area contributed by atoms with Gasteiger partial charge in [-0.1, -0.05) is 6.92 Å². The van der Waals surface area contributed by atoms with Gasteiger partial charge in [0.05, 0.1) is 12.1 Å². The summed E-state index contributed by atoms with van der Waals surface area (Å²) in [5.41, 5.74) is 0.946. The van der Waals surface area contributed by atoms with Crippen molar-refractivity contribution in [2.24, 2.45) is 11.8 Å². The number of amides is 3. The van der Waals surface area contributed by atoms with Gasteiger partial charge < -0.3 is 10.2 Å². The molecule has 22 heavy (non-hydrogen) atoms. The first-order valence-corrected chi connectivity index (χ1v) is 7.68. The molecule has 1 atom stereocenters. The van der Waals surface area contributed by atoms with Crippen LogP contribution in [-0.4, -0.2) is 47.3 Å². The van der Waals surface area contributed by atoms with Gasteiger partial charge in [0, 0.05) is 32.7 Å². The van der Waals surface area contributed by atoms with Gasteiger partial charge in [-0.25, -0.2) is 9.48 Å². The lowest BCUT2D eigenvalue weighted by Gasteiger charge is -2.21. The number of nitrogens with one attached hydrogen (secondary N) is 2. The second kappa shape index (κ2) is 6.81. The Morgan fingerprint density at radius 3 is 2.77 bits per heavy atom. The first-order chi connectivity index (χ1) is 10.4. The molecule has 0 aliphatic heterocycles. The lowest BCUT2D eigenvalue weighted by atomic mass is 10.1. The Bertz CT molecular complexity index is 550. The van der Waals surface area contributed by atoms with Crippen molar-refractivity contribution >= 4 is 17.8 Å². The third kappa shape index (κ3) is 3.99. The van der Waals surface area contributed by atoms with Gasteiger partial charge in [0.2, 0.25) is 5.91 Å². The quantitative estimate of drug-likeness (QED) is 0.835. The van der Waals surface area contributed by atoms with Gasteiger partial charge in [-0.3, -0.25) is 10.1 Å². The minimum atomic E-state index is -0.252. The molecule has 1 saturated carbocycles. The van der Waals surface area contributed by atoms with Gasteiger partial charge in [-0.2, -0.15) is 5.10 Å². The predicted molar refractivity (Wildman–Crippen MR) is 84.6 cm³/mol. The average Bonchev–Trinajstić information content (AvgIpc) is 3.25. The van der Waals surface area contributed by atoms with E-state index in [4.69, 9.17) is 0 Å². The number of carbonyl (C=O) groups is 2. The Hall–Kier alpha value is -2.05. The monoisotopic (exact) mass is 307 g/mol. The highest BCUT2D eigenvalue weighted by Crippen LogP contribution is 2.31. The van der Waals surface area contributed by atoms with Crippen molar-refractivity contribution in [3.05, 3.63) is 11.8 Å². The van der Waals surface area contributed by atoms with Crippen molar-refractivity contribution < 1.29 is 9.59 Å². The van der Waals surface area contributed by atoms with E-state index in [0.717, 1.165) is 17.9 Å². The normalized spacial score (nSPS) is 15.3. The summed E-state index contributed by atoms with van der Waals surface area (Å²) in [4.78, 5) is 25.4. The van der Waals surface area contributed by atoms with Gasteiger partial charge in [0.15, 0.2) is 0 Å². The van der Waals surface area contributed by atoms with Crippen LogP contribution >= 0.6 is 0 Å². The van der Waals surface area contributed by atoms with E-state index in [1.807, 2.05) is 11.6 Å². The molecule has 122 valence electrons. The van der Waals surface area contributed by atoms with Crippen molar-refractivity contribution in [1.29, 1.82) is 0 Å². The van der Waals surface area contributed by atoms with E-state index >= 15 is 0 Å². The van der Waals surface area contributed by atoms with E-state index in [2.05, 4.69) is 15.7 Å². The molecule has 0 bridgehead atoms. The number of anilines is 1. The molecule has 3 amide bonds. The maximum absolute atomic E-state index is 12.3. The first-order valence-electron chi connectivity index (χ1n) is 7.68. The van der Waals surface area contributed by atoms with Crippen LogP contribution in [0.2, 0.25) is 0 Å². The van der Waals surface area contributed by atoms with Crippen LogP contribution in [0.25, 0.3) is 0 Å². The molecule has 1 aliphatic carbocycles. The fourth-order valence-electron chi connectivity index (χ4n) is 2.35. The highest BCUT2D eigenvalue weighted by Gasteiger charge is 2.25. The molecule has 0 saturated heterocycles. The Morgan fingerprint density at radius 1 is 1.50 bits per heavy atom. The molecule has 0 spiro atoms. The first kappa shape index (κ1) is 16.3. The van der Waals surface area contributed by atoms with Crippen LogP contribution in [0.5, 0.6) is 0 Å². The number of hydrogen-bond acceptors (Lipinski definition) is 3. The van der Waals surface area contributed by atoms with Gasteiger partial charge in [-0.15, -0.1) is 0 Å². The molecule has 7 heteroatoms. The summed E-state index contributed by atoms with van der Waals surface area (Å²) in [5, 5.41) is 9.83. The van der Waals surface area contributed by atoms with E-state index < -0.39 is 0 Å². The van der Waals surface area contributed by atoms with E-state index in [0.29, 0.717) is 12.5 Å². The Morgan fingerprint density at radius 2 is 2.18 bits per heavy atom. The Labute approximate surface area is 131 Å². The Balaban J connectivity index is 1.96. The van der Waals surface area contributed by atoms with E-state index in [1.165, 1.54) is 17.7 Å². The summed E-state index contributed by atoms with van der Waals surface area (Å²) in [7, 11) is 3.28. The van der Waals surface area contributed by atoms with Gasteiger partial charge >= 0.3 is 6.03 Å². The predicted octanol–water partition coefficient (Wildman–Crippen LogP) is 1.45. The van der Waals surface area contributed by atoms with Gasteiger partial charge in [0.25, 0.3) is 0 Å². The number of aromatic nitrogens is 2. The molecule has 1 aromatic heterocycles. The topological polar surface area (TPSA) is 79.3 Å². The summed E-state index contributed by atoms with van der Waals surface area (Å²) in [6.45, 7) is 4.94. The largest absolute Gasteiger partial charge is 0.359 e. The Kier molecular flexibility index (Phi) is 5.05. The summed E-state index contributed by atoms with van der Waals surface area (Å²) in [6, 6.07) is -0.226. The minimum Gasteiger partial charge on any atom is -0.359 e. The van der Waals surface area contributed by atoms with Crippen molar-refractivity contribution in [3.63, 3.8) is 0 Å². The molecule has 2 rings (SSSR count). The van der Waals surface area contributed by atoms with Gasteiger partial charge in [0.1, 0.15) is 5.82 Å². The van der Waals surface area contributed by atoms with Crippen molar-refractivity contribution in [3.8, 4) is 0 Å². The van der Waals surface area contributed by atoms with Crippen molar-refractivity contribution in [2.45, 2.75) is 33.2 Å². The van der Waals surface area contributed by atoms with Crippen LogP contribution in [0, 0.1) is 18.8 Å². The molecule has 2 N–H and O–H groups in total.